The average Bonchev–Trinajstić information content (AvgIpc) is 2.67. The van der Waals surface area contributed by atoms with Crippen LogP contribution in [0.15, 0.2) is 53.3 Å². The van der Waals surface area contributed by atoms with E-state index in [0.717, 1.165) is 0 Å². The van der Waals surface area contributed by atoms with Crippen LogP contribution in [0.25, 0.3) is 10.8 Å². The molecular formula is C20H18F3N3O3. The van der Waals surface area contributed by atoms with Crippen molar-refractivity contribution >= 4 is 22.4 Å². The van der Waals surface area contributed by atoms with Gasteiger partial charge in [-0.25, -0.2) is 4.68 Å². The molecule has 3 rings (SSSR count). The average molecular weight is 405 g/mol. The Morgan fingerprint density at radius 1 is 1.10 bits per heavy atom. The number of carbonyl (C=O) groups excluding carboxylic acids is 1. The second-order valence-electron chi connectivity index (χ2n) is 6.62. The zero-order chi connectivity index (χ0) is 21.2. The van der Waals surface area contributed by atoms with Crippen LogP contribution in [0.5, 0.6) is 5.75 Å². The number of nitrogens with one attached hydrogen (secondary N) is 1. The van der Waals surface area contributed by atoms with Crippen LogP contribution < -0.4 is 15.6 Å². The number of alkyl halides is 3. The molecule has 0 aliphatic rings. The SMILES string of the molecule is CC(C)n1nc(C(=O)Nc2ccc(OCC(F)(F)F)cc2)c2ccccc2c1=O. The van der Waals surface area contributed by atoms with Gasteiger partial charge in [-0.15, -0.1) is 0 Å². The Bertz CT molecular complexity index is 1090. The molecule has 0 aliphatic heterocycles. The Hall–Kier alpha value is -3.36. The highest BCUT2D eigenvalue weighted by atomic mass is 19.4. The zero-order valence-corrected chi connectivity index (χ0v) is 15.7. The molecule has 1 N–H and O–H groups in total. The van der Waals surface area contributed by atoms with Gasteiger partial charge in [-0.2, -0.15) is 18.3 Å². The summed E-state index contributed by atoms with van der Waals surface area (Å²) in [5.41, 5.74) is 0.132. The molecule has 29 heavy (non-hydrogen) atoms. The molecule has 152 valence electrons. The van der Waals surface area contributed by atoms with Crippen LogP contribution >= 0.6 is 0 Å². The lowest BCUT2D eigenvalue weighted by Gasteiger charge is -2.14. The van der Waals surface area contributed by atoms with Crippen LogP contribution in [0, 0.1) is 0 Å². The van der Waals surface area contributed by atoms with Gasteiger partial charge in [0, 0.05) is 11.1 Å². The second kappa shape index (κ2) is 7.94. The van der Waals surface area contributed by atoms with Gasteiger partial charge >= 0.3 is 6.18 Å². The fourth-order valence-corrected chi connectivity index (χ4v) is 2.71. The lowest BCUT2D eigenvalue weighted by molar-refractivity contribution is -0.153. The van der Waals surface area contributed by atoms with Crippen molar-refractivity contribution in [2.45, 2.75) is 26.1 Å². The number of hydrogen-bond acceptors (Lipinski definition) is 4. The first-order chi connectivity index (χ1) is 13.7. The number of nitrogens with zero attached hydrogens (tertiary/aromatic N) is 2. The highest BCUT2D eigenvalue weighted by Crippen LogP contribution is 2.21. The molecule has 0 bridgehead atoms. The van der Waals surface area contributed by atoms with Crippen LogP contribution in [-0.2, 0) is 0 Å². The monoisotopic (exact) mass is 405 g/mol. The minimum atomic E-state index is -4.43. The number of carbonyl (C=O) groups is 1. The second-order valence-corrected chi connectivity index (χ2v) is 6.62. The highest BCUT2D eigenvalue weighted by molar-refractivity contribution is 6.11. The number of benzene rings is 2. The molecular weight excluding hydrogens is 387 g/mol. The molecule has 3 aromatic rings. The van der Waals surface area contributed by atoms with Crippen LogP contribution in [0.4, 0.5) is 18.9 Å². The Kier molecular flexibility index (Phi) is 5.58. The minimum absolute atomic E-state index is 0.0252. The van der Waals surface area contributed by atoms with Gasteiger partial charge in [0.1, 0.15) is 5.75 Å². The predicted molar refractivity (Wildman–Crippen MR) is 102 cm³/mol. The Morgan fingerprint density at radius 2 is 1.72 bits per heavy atom. The van der Waals surface area contributed by atoms with Crippen LogP contribution in [-0.4, -0.2) is 28.5 Å². The summed E-state index contributed by atoms with van der Waals surface area (Å²) in [6.07, 6.45) is -4.43. The third kappa shape index (κ3) is 4.74. The molecule has 9 heteroatoms. The Balaban J connectivity index is 1.87. The highest BCUT2D eigenvalue weighted by Gasteiger charge is 2.28. The van der Waals surface area contributed by atoms with Crippen molar-refractivity contribution in [3.63, 3.8) is 0 Å². The number of rotatable bonds is 5. The predicted octanol–water partition coefficient (Wildman–Crippen LogP) is 4.17. The molecule has 2 aromatic carbocycles. The van der Waals surface area contributed by atoms with Crippen molar-refractivity contribution in [2.75, 3.05) is 11.9 Å². The van der Waals surface area contributed by atoms with Gasteiger partial charge in [-0.1, -0.05) is 18.2 Å². The molecule has 1 amide bonds. The molecule has 0 aliphatic carbocycles. The van der Waals surface area contributed by atoms with Crippen LogP contribution in [0.1, 0.15) is 30.4 Å². The summed E-state index contributed by atoms with van der Waals surface area (Å²) in [5, 5.41) is 7.64. The maximum atomic E-state index is 12.8. The van der Waals surface area contributed by atoms with E-state index < -0.39 is 18.7 Å². The number of ether oxygens (including phenoxy) is 1. The number of anilines is 1. The van der Waals surface area contributed by atoms with E-state index in [-0.39, 0.29) is 23.0 Å². The first-order valence-corrected chi connectivity index (χ1v) is 8.78. The standard InChI is InChI=1S/C20H18F3N3O3/c1-12(2)26-19(28)16-6-4-3-5-15(16)17(25-26)18(27)24-13-7-9-14(10-8-13)29-11-20(21,22)23/h3-10,12H,11H2,1-2H3,(H,24,27). The van der Waals surface area contributed by atoms with Gasteiger partial charge in [-0.3, -0.25) is 9.59 Å². The van der Waals surface area contributed by atoms with Crippen molar-refractivity contribution in [3.8, 4) is 5.75 Å². The van der Waals surface area contributed by atoms with Gasteiger partial charge in [0.25, 0.3) is 11.5 Å². The molecule has 0 spiro atoms. The normalized spacial score (nSPS) is 11.7. The van der Waals surface area contributed by atoms with E-state index in [0.29, 0.717) is 16.5 Å². The first kappa shape index (κ1) is 20.4. The quantitative estimate of drug-likeness (QED) is 0.692. The van der Waals surface area contributed by atoms with Crippen molar-refractivity contribution in [2.24, 2.45) is 0 Å². The van der Waals surface area contributed by atoms with Crippen molar-refractivity contribution in [1.29, 1.82) is 0 Å². The van der Waals surface area contributed by atoms with Gasteiger partial charge in [0.2, 0.25) is 0 Å². The first-order valence-electron chi connectivity index (χ1n) is 8.78. The summed E-state index contributed by atoms with van der Waals surface area (Å²) in [7, 11) is 0. The Morgan fingerprint density at radius 3 is 2.31 bits per heavy atom. The molecule has 0 saturated heterocycles. The molecule has 1 heterocycles. The Labute approximate surface area is 163 Å². The van der Waals surface area contributed by atoms with Crippen LogP contribution in [0.3, 0.4) is 0 Å². The number of hydrogen-bond donors (Lipinski definition) is 1. The van der Waals surface area contributed by atoms with E-state index in [1.54, 1.807) is 38.1 Å². The van der Waals surface area contributed by atoms with E-state index in [1.807, 2.05) is 0 Å². The fourth-order valence-electron chi connectivity index (χ4n) is 2.71. The van der Waals surface area contributed by atoms with E-state index in [9.17, 15) is 22.8 Å². The lowest BCUT2D eigenvalue weighted by atomic mass is 10.1. The lowest BCUT2D eigenvalue weighted by Crippen LogP contribution is -2.28. The summed E-state index contributed by atoms with van der Waals surface area (Å²) in [4.78, 5) is 25.3. The number of aromatic nitrogens is 2. The third-order valence-corrected chi connectivity index (χ3v) is 4.05. The fraction of sp³-hybridized carbons (Fsp3) is 0.250. The maximum absolute atomic E-state index is 12.8. The molecule has 0 atom stereocenters. The molecule has 1 aromatic heterocycles. The topological polar surface area (TPSA) is 73.2 Å². The number of halogens is 3. The summed E-state index contributed by atoms with van der Waals surface area (Å²) in [6, 6.07) is 11.9. The van der Waals surface area contributed by atoms with Crippen molar-refractivity contribution in [3.05, 3.63) is 64.6 Å². The molecule has 6 nitrogen and oxygen atoms in total. The van der Waals surface area contributed by atoms with Gasteiger partial charge in [0.15, 0.2) is 12.3 Å². The van der Waals surface area contributed by atoms with Gasteiger partial charge in [0.05, 0.1) is 11.4 Å². The van der Waals surface area contributed by atoms with Crippen molar-refractivity contribution in [1.82, 2.24) is 9.78 Å². The zero-order valence-electron chi connectivity index (χ0n) is 15.7. The van der Waals surface area contributed by atoms with Crippen molar-refractivity contribution < 1.29 is 22.7 Å². The summed E-state index contributed by atoms with van der Waals surface area (Å²) in [6.45, 7) is 2.17. The molecule has 0 unspecified atom stereocenters. The molecule has 0 radical (unpaired) electrons. The molecule has 0 fully saturated rings. The van der Waals surface area contributed by atoms with E-state index in [1.165, 1.54) is 28.9 Å². The minimum Gasteiger partial charge on any atom is -0.484 e. The smallest absolute Gasteiger partial charge is 0.422 e. The van der Waals surface area contributed by atoms with Gasteiger partial charge < -0.3 is 10.1 Å². The maximum Gasteiger partial charge on any atom is 0.422 e. The van der Waals surface area contributed by atoms with E-state index >= 15 is 0 Å². The summed E-state index contributed by atoms with van der Waals surface area (Å²) >= 11 is 0. The largest absolute Gasteiger partial charge is 0.484 e. The van der Waals surface area contributed by atoms with Crippen LogP contribution in [0.2, 0.25) is 0 Å². The van der Waals surface area contributed by atoms with E-state index in [4.69, 9.17) is 0 Å². The number of amides is 1. The van der Waals surface area contributed by atoms with E-state index in [2.05, 4.69) is 15.2 Å². The number of fused-ring (bicyclic) bond motifs is 1. The summed E-state index contributed by atoms with van der Waals surface area (Å²) in [5.74, 6) is -0.517. The molecule has 0 saturated carbocycles. The third-order valence-electron chi connectivity index (χ3n) is 4.05. The van der Waals surface area contributed by atoms with Gasteiger partial charge in [-0.05, 0) is 44.2 Å². The summed E-state index contributed by atoms with van der Waals surface area (Å²) < 4.78 is 42.5.